The minimum absolute atomic E-state index is 0.0773. The zero-order valence-electron chi connectivity index (χ0n) is 9.04. The summed E-state index contributed by atoms with van der Waals surface area (Å²) in [7, 11) is -0.834. The smallest absolute Gasteiger partial charge is 0.259 e. The van der Waals surface area contributed by atoms with E-state index in [2.05, 4.69) is 4.98 Å². The average Bonchev–Trinajstić information content (AvgIpc) is 2.64. The largest absolute Gasteiger partial charge is 0.433 e. The number of pyridine rings is 1. The van der Waals surface area contributed by atoms with Crippen molar-refractivity contribution in [3.8, 4) is 0 Å². The Balaban J connectivity index is 2.06. The summed E-state index contributed by atoms with van der Waals surface area (Å²) in [5.41, 5.74) is -0.160. The van der Waals surface area contributed by atoms with Gasteiger partial charge >= 0.3 is 6.18 Å². The van der Waals surface area contributed by atoms with Crippen molar-refractivity contribution in [1.29, 1.82) is 0 Å². The van der Waals surface area contributed by atoms with Crippen LogP contribution in [-0.2, 0) is 23.4 Å². The van der Waals surface area contributed by atoms with Crippen molar-refractivity contribution in [2.75, 3.05) is 5.75 Å². The van der Waals surface area contributed by atoms with Gasteiger partial charge in [0.1, 0.15) is 5.69 Å². The second-order valence-electron chi connectivity index (χ2n) is 4.10. The zero-order chi connectivity index (χ0) is 12.5. The summed E-state index contributed by atoms with van der Waals surface area (Å²) in [5, 5.41) is 0.0773. The Kier molecular flexibility index (Phi) is 3.51. The van der Waals surface area contributed by atoms with Gasteiger partial charge < -0.3 is 0 Å². The third-order valence-corrected chi connectivity index (χ3v) is 4.66. The van der Waals surface area contributed by atoms with Crippen LogP contribution < -0.4 is 0 Å². The fraction of sp³-hybridized carbons (Fsp3) is 0.545. The van der Waals surface area contributed by atoms with Gasteiger partial charge in [0.2, 0.25) is 0 Å². The molecule has 2 atom stereocenters. The van der Waals surface area contributed by atoms with Crippen LogP contribution in [0.2, 0.25) is 0 Å². The molecule has 2 unspecified atom stereocenters. The first kappa shape index (κ1) is 12.5. The van der Waals surface area contributed by atoms with E-state index in [0.29, 0.717) is 12.2 Å². The molecule has 1 aliphatic heterocycles. The van der Waals surface area contributed by atoms with Gasteiger partial charge in [-0.2, -0.15) is 13.2 Å². The molecule has 0 N–H and O–H groups in total. The highest BCUT2D eigenvalue weighted by atomic mass is 32.2. The lowest BCUT2D eigenvalue weighted by molar-refractivity contribution is -0.141. The molecule has 1 fully saturated rings. The van der Waals surface area contributed by atoms with Crippen LogP contribution in [0.1, 0.15) is 24.1 Å². The molecule has 1 saturated heterocycles. The summed E-state index contributed by atoms with van der Waals surface area (Å²) in [6.07, 6.45) is -0.788. The lowest BCUT2D eigenvalue weighted by Gasteiger charge is -2.09. The molecule has 0 aliphatic carbocycles. The van der Waals surface area contributed by atoms with Gasteiger partial charge in [-0.25, -0.2) is 0 Å². The molecule has 0 bridgehead atoms. The highest BCUT2D eigenvalue weighted by Gasteiger charge is 2.32. The number of rotatable bonds is 2. The Labute approximate surface area is 99.7 Å². The summed E-state index contributed by atoms with van der Waals surface area (Å²) in [6.45, 7) is 0. The van der Waals surface area contributed by atoms with E-state index in [4.69, 9.17) is 0 Å². The zero-order valence-corrected chi connectivity index (χ0v) is 9.85. The minimum Gasteiger partial charge on any atom is -0.259 e. The number of hydrogen-bond donors (Lipinski definition) is 0. The number of aromatic nitrogens is 1. The second kappa shape index (κ2) is 4.76. The van der Waals surface area contributed by atoms with Crippen molar-refractivity contribution in [2.24, 2.45) is 0 Å². The van der Waals surface area contributed by atoms with Gasteiger partial charge in [-0.1, -0.05) is 6.07 Å². The van der Waals surface area contributed by atoms with E-state index in [1.165, 1.54) is 12.3 Å². The van der Waals surface area contributed by atoms with E-state index in [-0.39, 0.29) is 5.25 Å². The van der Waals surface area contributed by atoms with Gasteiger partial charge in [0.25, 0.3) is 0 Å². The first-order chi connectivity index (χ1) is 7.97. The lowest BCUT2D eigenvalue weighted by atomic mass is 10.1. The molecule has 0 aromatic carbocycles. The van der Waals surface area contributed by atoms with Gasteiger partial charge in [-0.05, 0) is 30.9 Å². The molecule has 2 heterocycles. The van der Waals surface area contributed by atoms with Crippen LogP contribution in [0, 0.1) is 0 Å². The Hall–Kier alpha value is -0.910. The van der Waals surface area contributed by atoms with Crippen LogP contribution in [-0.4, -0.2) is 20.2 Å². The normalized spacial score (nSPS) is 25.1. The third kappa shape index (κ3) is 3.06. The number of hydrogen-bond acceptors (Lipinski definition) is 2. The molecular weight excluding hydrogens is 251 g/mol. The van der Waals surface area contributed by atoms with E-state index < -0.39 is 22.7 Å². The first-order valence-corrected chi connectivity index (χ1v) is 6.74. The highest BCUT2D eigenvalue weighted by molar-refractivity contribution is 7.85. The van der Waals surface area contributed by atoms with Crippen LogP contribution in [0.25, 0.3) is 0 Å². The van der Waals surface area contributed by atoms with Crippen molar-refractivity contribution in [3.05, 3.63) is 29.6 Å². The summed E-state index contributed by atoms with van der Waals surface area (Å²) >= 11 is 0. The van der Waals surface area contributed by atoms with E-state index in [9.17, 15) is 17.4 Å². The van der Waals surface area contributed by atoms with Crippen molar-refractivity contribution in [2.45, 2.75) is 30.7 Å². The molecule has 0 saturated carbocycles. The number of alkyl halides is 3. The molecule has 1 aromatic heterocycles. The van der Waals surface area contributed by atoms with Crippen molar-refractivity contribution < 1.29 is 17.4 Å². The molecule has 6 heteroatoms. The standard InChI is InChI=1S/C11H12F3NOS/c12-11(13,14)10-4-3-8(7-15-10)6-9-2-1-5-17(9)16/h3-4,7,9H,1-2,5-6H2. The molecule has 0 spiro atoms. The van der Waals surface area contributed by atoms with Crippen LogP contribution in [0.4, 0.5) is 13.2 Å². The van der Waals surface area contributed by atoms with Crippen molar-refractivity contribution in [1.82, 2.24) is 4.98 Å². The Morgan fingerprint density at radius 3 is 2.65 bits per heavy atom. The Morgan fingerprint density at radius 2 is 2.18 bits per heavy atom. The predicted octanol–water partition coefficient (Wildman–Crippen LogP) is 2.55. The first-order valence-electron chi connectivity index (χ1n) is 5.36. The fourth-order valence-electron chi connectivity index (χ4n) is 1.92. The highest BCUT2D eigenvalue weighted by Crippen LogP contribution is 2.28. The Morgan fingerprint density at radius 1 is 1.41 bits per heavy atom. The van der Waals surface area contributed by atoms with Gasteiger partial charge in [-0.3, -0.25) is 9.19 Å². The number of nitrogens with zero attached hydrogens (tertiary/aromatic N) is 1. The van der Waals surface area contributed by atoms with E-state index in [1.54, 1.807) is 0 Å². The molecule has 94 valence electrons. The predicted molar refractivity (Wildman–Crippen MR) is 59.0 cm³/mol. The molecule has 17 heavy (non-hydrogen) atoms. The molecule has 2 rings (SSSR count). The minimum atomic E-state index is -4.39. The third-order valence-electron chi connectivity index (χ3n) is 2.82. The topological polar surface area (TPSA) is 30.0 Å². The monoisotopic (exact) mass is 263 g/mol. The maximum atomic E-state index is 12.3. The number of halogens is 3. The summed E-state index contributed by atoms with van der Waals surface area (Å²) in [4.78, 5) is 3.39. The maximum Gasteiger partial charge on any atom is 0.433 e. The SMILES string of the molecule is O=S1CCCC1Cc1ccc(C(F)(F)F)nc1. The van der Waals surface area contributed by atoms with E-state index >= 15 is 0 Å². The lowest BCUT2D eigenvalue weighted by Crippen LogP contribution is -2.13. The van der Waals surface area contributed by atoms with Crippen LogP contribution in [0.15, 0.2) is 18.3 Å². The van der Waals surface area contributed by atoms with Crippen molar-refractivity contribution in [3.63, 3.8) is 0 Å². The summed E-state index contributed by atoms with van der Waals surface area (Å²) in [6, 6.07) is 2.40. The van der Waals surface area contributed by atoms with Crippen LogP contribution in [0.3, 0.4) is 0 Å². The summed E-state index contributed by atoms with van der Waals surface area (Å²) < 4.78 is 48.3. The van der Waals surface area contributed by atoms with Gasteiger partial charge in [-0.15, -0.1) is 0 Å². The molecule has 1 aliphatic rings. The van der Waals surface area contributed by atoms with Gasteiger partial charge in [0.15, 0.2) is 0 Å². The fourth-order valence-corrected chi connectivity index (χ4v) is 3.51. The summed E-state index contributed by atoms with van der Waals surface area (Å²) in [5.74, 6) is 0.707. The second-order valence-corrected chi connectivity index (χ2v) is 5.94. The maximum absolute atomic E-state index is 12.3. The molecule has 0 amide bonds. The molecule has 0 radical (unpaired) electrons. The van der Waals surface area contributed by atoms with Crippen LogP contribution >= 0.6 is 0 Å². The van der Waals surface area contributed by atoms with Gasteiger partial charge in [0.05, 0.1) is 0 Å². The van der Waals surface area contributed by atoms with Crippen LogP contribution in [0.5, 0.6) is 0 Å². The molecule has 1 aromatic rings. The van der Waals surface area contributed by atoms with Crippen molar-refractivity contribution >= 4 is 10.8 Å². The molecule has 2 nitrogen and oxygen atoms in total. The van der Waals surface area contributed by atoms with Gasteiger partial charge in [0, 0.05) is 28.0 Å². The Bertz CT molecular complexity index is 416. The molecular formula is C11H12F3NOS. The average molecular weight is 263 g/mol. The van der Waals surface area contributed by atoms with E-state index in [0.717, 1.165) is 24.5 Å². The quantitative estimate of drug-likeness (QED) is 0.820. The van der Waals surface area contributed by atoms with E-state index in [1.807, 2.05) is 0 Å².